The monoisotopic (exact) mass is 238 g/mol. The molecule has 0 spiro atoms. The second-order valence-electron chi connectivity index (χ2n) is 4.24. The Labute approximate surface area is 106 Å². The van der Waals surface area contributed by atoms with Crippen molar-refractivity contribution in [3.8, 4) is 11.4 Å². The van der Waals surface area contributed by atoms with E-state index in [4.69, 9.17) is 4.74 Å². The molecule has 2 aromatic heterocycles. The fourth-order valence-corrected chi connectivity index (χ4v) is 2.22. The van der Waals surface area contributed by atoms with Crippen LogP contribution in [0.15, 0.2) is 48.7 Å². The molecule has 0 aliphatic carbocycles. The summed E-state index contributed by atoms with van der Waals surface area (Å²) < 4.78 is 7.35. The Morgan fingerprint density at radius 2 is 1.89 bits per heavy atom. The van der Waals surface area contributed by atoms with E-state index in [-0.39, 0.29) is 0 Å². The van der Waals surface area contributed by atoms with Gasteiger partial charge < -0.3 is 4.74 Å². The van der Waals surface area contributed by atoms with Crippen LogP contribution < -0.4 is 4.74 Å². The number of ether oxygens (including phenoxy) is 1. The standard InChI is InChI=1S/C15H14N2O/c1-11-8-12-9-14(18-2)10-16-15(12)17(11)13-6-4-3-5-7-13/h3-10H,1-2H3. The molecule has 18 heavy (non-hydrogen) atoms. The van der Waals surface area contributed by atoms with Gasteiger partial charge in [-0.05, 0) is 31.2 Å². The minimum atomic E-state index is 0.785. The number of aryl methyl sites for hydroxylation is 1. The van der Waals surface area contributed by atoms with E-state index < -0.39 is 0 Å². The number of nitrogens with zero attached hydrogens (tertiary/aromatic N) is 2. The average molecular weight is 238 g/mol. The first kappa shape index (κ1) is 10.8. The second-order valence-corrected chi connectivity index (χ2v) is 4.24. The van der Waals surface area contributed by atoms with Crippen LogP contribution in [0.2, 0.25) is 0 Å². The summed E-state index contributed by atoms with van der Waals surface area (Å²) in [6.07, 6.45) is 1.75. The third-order valence-corrected chi connectivity index (χ3v) is 3.05. The molecular weight excluding hydrogens is 224 g/mol. The molecule has 1 aromatic carbocycles. The Hall–Kier alpha value is -2.29. The summed E-state index contributed by atoms with van der Waals surface area (Å²) in [4.78, 5) is 4.49. The van der Waals surface area contributed by atoms with Crippen molar-refractivity contribution >= 4 is 11.0 Å². The maximum Gasteiger partial charge on any atom is 0.144 e. The van der Waals surface area contributed by atoms with Crippen molar-refractivity contribution in [2.24, 2.45) is 0 Å². The van der Waals surface area contributed by atoms with Crippen molar-refractivity contribution in [2.45, 2.75) is 6.92 Å². The van der Waals surface area contributed by atoms with Crippen molar-refractivity contribution in [1.82, 2.24) is 9.55 Å². The quantitative estimate of drug-likeness (QED) is 0.684. The normalized spacial score (nSPS) is 10.8. The summed E-state index contributed by atoms with van der Waals surface area (Å²) in [5.74, 6) is 0.785. The lowest BCUT2D eigenvalue weighted by molar-refractivity contribution is 0.413. The molecule has 0 saturated carbocycles. The van der Waals surface area contributed by atoms with Crippen LogP contribution in [0.1, 0.15) is 5.69 Å². The summed E-state index contributed by atoms with van der Waals surface area (Å²) in [6.45, 7) is 2.08. The van der Waals surface area contributed by atoms with Crippen LogP contribution in [-0.4, -0.2) is 16.7 Å². The van der Waals surface area contributed by atoms with Crippen molar-refractivity contribution in [3.05, 3.63) is 54.4 Å². The van der Waals surface area contributed by atoms with Gasteiger partial charge in [0.2, 0.25) is 0 Å². The lowest BCUT2D eigenvalue weighted by Gasteiger charge is -2.07. The number of para-hydroxylation sites is 1. The molecule has 2 heterocycles. The van der Waals surface area contributed by atoms with Gasteiger partial charge in [0, 0.05) is 16.8 Å². The Balaban J connectivity index is 2.27. The van der Waals surface area contributed by atoms with Crippen LogP contribution >= 0.6 is 0 Å². The third kappa shape index (κ3) is 1.64. The highest BCUT2D eigenvalue weighted by Crippen LogP contribution is 2.25. The Bertz CT molecular complexity index is 686. The van der Waals surface area contributed by atoms with E-state index in [0.717, 1.165) is 28.2 Å². The summed E-state index contributed by atoms with van der Waals surface area (Å²) >= 11 is 0. The largest absolute Gasteiger partial charge is 0.495 e. The first-order chi connectivity index (χ1) is 8.79. The van der Waals surface area contributed by atoms with Gasteiger partial charge in [0.05, 0.1) is 13.3 Å². The first-order valence-corrected chi connectivity index (χ1v) is 5.87. The fraction of sp³-hybridized carbons (Fsp3) is 0.133. The molecule has 0 aliphatic heterocycles. The summed E-state index contributed by atoms with van der Waals surface area (Å²) in [7, 11) is 1.66. The zero-order valence-corrected chi connectivity index (χ0v) is 10.4. The molecule has 0 radical (unpaired) electrons. The van der Waals surface area contributed by atoms with Crippen molar-refractivity contribution in [2.75, 3.05) is 7.11 Å². The maximum absolute atomic E-state index is 5.21. The highest BCUT2D eigenvalue weighted by atomic mass is 16.5. The van der Waals surface area contributed by atoms with Crippen LogP contribution in [0.3, 0.4) is 0 Å². The molecule has 3 aromatic rings. The zero-order chi connectivity index (χ0) is 12.5. The average Bonchev–Trinajstić information content (AvgIpc) is 2.74. The van der Waals surface area contributed by atoms with Crippen molar-refractivity contribution in [3.63, 3.8) is 0 Å². The number of rotatable bonds is 2. The number of benzene rings is 1. The maximum atomic E-state index is 5.21. The molecule has 0 aliphatic rings. The summed E-state index contributed by atoms with van der Waals surface area (Å²) in [5.41, 5.74) is 3.25. The molecule has 0 saturated heterocycles. The second kappa shape index (κ2) is 4.18. The molecule has 3 heteroatoms. The molecule has 0 amide bonds. The molecule has 0 fully saturated rings. The summed E-state index contributed by atoms with van der Waals surface area (Å²) in [5, 5.41) is 1.09. The van der Waals surface area contributed by atoms with E-state index in [2.05, 4.69) is 34.7 Å². The number of hydrogen-bond acceptors (Lipinski definition) is 2. The SMILES string of the molecule is COc1cnc2c(c1)cc(C)n2-c1ccccc1. The van der Waals surface area contributed by atoms with Crippen LogP contribution in [-0.2, 0) is 0 Å². The molecule has 0 N–H and O–H groups in total. The summed E-state index contributed by atoms with van der Waals surface area (Å²) in [6, 6.07) is 14.4. The van der Waals surface area contributed by atoms with E-state index in [1.54, 1.807) is 13.3 Å². The Kier molecular flexibility index (Phi) is 2.52. The highest BCUT2D eigenvalue weighted by molar-refractivity contribution is 5.80. The predicted molar refractivity (Wildman–Crippen MR) is 72.4 cm³/mol. The van der Waals surface area contributed by atoms with Gasteiger partial charge in [-0.1, -0.05) is 18.2 Å². The number of hydrogen-bond donors (Lipinski definition) is 0. The number of methoxy groups -OCH3 is 1. The van der Waals surface area contributed by atoms with Crippen LogP contribution in [0, 0.1) is 6.92 Å². The molecule has 90 valence electrons. The number of pyridine rings is 1. The third-order valence-electron chi connectivity index (χ3n) is 3.05. The van der Waals surface area contributed by atoms with Gasteiger partial charge >= 0.3 is 0 Å². The molecule has 0 atom stereocenters. The molecule has 0 bridgehead atoms. The van der Waals surface area contributed by atoms with Crippen molar-refractivity contribution in [1.29, 1.82) is 0 Å². The minimum absolute atomic E-state index is 0.785. The molecular formula is C15H14N2O. The lowest BCUT2D eigenvalue weighted by Crippen LogP contribution is -1.97. The molecule has 0 unspecified atom stereocenters. The molecule has 3 nitrogen and oxygen atoms in total. The van der Waals surface area contributed by atoms with Crippen LogP contribution in [0.5, 0.6) is 5.75 Å². The highest BCUT2D eigenvalue weighted by Gasteiger charge is 2.09. The molecule has 3 rings (SSSR count). The first-order valence-electron chi connectivity index (χ1n) is 5.87. The van der Waals surface area contributed by atoms with Crippen LogP contribution in [0.25, 0.3) is 16.7 Å². The van der Waals surface area contributed by atoms with Gasteiger partial charge in [-0.15, -0.1) is 0 Å². The Morgan fingerprint density at radius 1 is 1.11 bits per heavy atom. The smallest absolute Gasteiger partial charge is 0.144 e. The predicted octanol–water partition coefficient (Wildman–Crippen LogP) is 3.34. The lowest BCUT2D eigenvalue weighted by atomic mass is 10.3. The van der Waals surface area contributed by atoms with E-state index in [9.17, 15) is 0 Å². The van der Waals surface area contributed by atoms with E-state index in [0.29, 0.717) is 0 Å². The van der Waals surface area contributed by atoms with Crippen LogP contribution in [0.4, 0.5) is 0 Å². The fourth-order valence-electron chi connectivity index (χ4n) is 2.22. The minimum Gasteiger partial charge on any atom is -0.495 e. The van der Waals surface area contributed by atoms with E-state index in [1.807, 2.05) is 24.3 Å². The van der Waals surface area contributed by atoms with Gasteiger partial charge in [-0.3, -0.25) is 4.57 Å². The van der Waals surface area contributed by atoms with Crippen molar-refractivity contribution < 1.29 is 4.74 Å². The Morgan fingerprint density at radius 3 is 2.61 bits per heavy atom. The van der Waals surface area contributed by atoms with Gasteiger partial charge in [-0.25, -0.2) is 4.98 Å². The van der Waals surface area contributed by atoms with Gasteiger partial charge in [0.25, 0.3) is 0 Å². The van der Waals surface area contributed by atoms with Gasteiger partial charge in [0.1, 0.15) is 11.4 Å². The van der Waals surface area contributed by atoms with E-state index in [1.165, 1.54) is 0 Å². The van der Waals surface area contributed by atoms with E-state index >= 15 is 0 Å². The van der Waals surface area contributed by atoms with Gasteiger partial charge in [-0.2, -0.15) is 0 Å². The zero-order valence-electron chi connectivity index (χ0n) is 10.4. The number of aromatic nitrogens is 2. The van der Waals surface area contributed by atoms with Gasteiger partial charge in [0.15, 0.2) is 0 Å². The topological polar surface area (TPSA) is 27.1 Å². The number of fused-ring (bicyclic) bond motifs is 1.